The second-order valence-corrected chi connectivity index (χ2v) is 6.46. The number of ether oxygens (including phenoxy) is 1. The maximum Gasteiger partial charge on any atom is 0.0843 e. The van der Waals surface area contributed by atoms with Gasteiger partial charge in [-0.25, -0.2) is 0 Å². The van der Waals surface area contributed by atoms with Gasteiger partial charge in [-0.1, -0.05) is 12.3 Å². The second-order valence-electron chi connectivity index (χ2n) is 6.46. The Kier molecular flexibility index (Phi) is 20.4. The molecule has 4 nitrogen and oxygen atoms in total. The zero-order chi connectivity index (χ0) is 17.0. The Morgan fingerprint density at radius 2 is 1.23 bits per heavy atom. The van der Waals surface area contributed by atoms with Crippen LogP contribution in [0.5, 0.6) is 0 Å². The minimum absolute atomic E-state index is 0. The van der Waals surface area contributed by atoms with Crippen molar-refractivity contribution < 1.29 is 41.8 Å². The van der Waals surface area contributed by atoms with Crippen LogP contribution < -0.4 is 0 Å². The van der Waals surface area contributed by atoms with Gasteiger partial charge in [0.15, 0.2) is 0 Å². The maximum absolute atomic E-state index is 8.06. The summed E-state index contributed by atoms with van der Waals surface area (Å²) in [4.78, 5) is 0. The van der Waals surface area contributed by atoms with E-state index in [1.807, 2.05) is 0 Å². The molecule has 0 aromatic rings. The van der Waals surface area contributed by atoms with Gasteiger partial charge < -0.3 is 27.0 Å². The standard InChI is InChI=1S/C8H13O.3C3H8O.Ti/c1-2-6-3-4-7-8(5-6)9-7;3*1-3(2)4;/h6-8H,1-5H2;3*3-4H,1-2H3;/q-1;;;;. The summed E-state index contributed by atoms with van der Waals surface area (Å²) >= 11 is 0. The van der Waals surface area contributed by atoms with Gasteiger partial charge in [0, 0.05) is 40.0 Å². The molecule has 1 heterocycles. The van der Waals surface area contributed by atoms with Crippen LogP contribution in [0.15, 0.2) is 0 Å². The zero-order valence-corrected chi connectivity index (χ0v) is 16.8. The van der Waals surface area contributed by atoms with E-state index in [1.165, 1.54) is 19.3 Å². The second kappa shape index (κ2) is 16.4. The Morgan fingerprint density at radius 1 is 0.864 bits per heavy atom. The molecule has 1 aliphatic heterocycles. The summed E-state index contributed by atoms with van der Waals surface area (Å²) in [5.74, 6) is 0.869. The van der Waals surface area contributed by atoms with Gasteiger partial charge in [-0.2, -0.15) is 6.42 Å². The van der Waals surface area contributed by atoms with E-state index in [0.29, 0.717) is 12.2 Å². The van der Waals surface area contributed by atoms with Gasteiger partial charge >= 0.3 is 0 Å². The first-order valence-corrected chi connectivity index (χ1v) is 8.08. The smallest absolute Gasteiger partial charge is 0.0843 e. The molecule has 1 saturated carbocycles. The molecule has 1 saturated heterocycles. The number of aliphatic hydroxyl groups excluding tert-OH is 3. The molecule has 3 atom stereocenters. The summed E-state index contributed by atoms with van der Waals surface area (Å²) in [5.41, 5.74) is 0. The van der Waals surface area contributed by atoms with Gasteiger partial charge in [-0.3, -0.25) is 0 Å². The Balaban J connectivity index is -0.000000241. The first kappa shape index (κ1) is 27.4. The van der Waals surface area contributed by atoms with Gasteiger partial charge in [0.2, 0.25) is 0 Å². The Labute approximate surface area is 152 Å². The van der Waals surface area contributed by atoms with Crippen molar-refractivity contribution in [1.82, 2.24) is 0 Å². The third-order valence-electron chi connectivity index (χ3n) is 2.52. The third kappa shape index (κ3) is 25.5. The summed E-state index contributed by atoms with van der Waals surface area (Å²) < 4.78 is 5.38. The largest absolute Gasteiger partial charge is 0.394 e. The van der Waals surface area contributed by atoms with Gasteiger partial charge in [0.25, 0.3) is 0 Å². The number of hydrogen-bond donors (Lipinski definition) is 3. The molecule has 134 valence electrons. The molecule has 2 aliphatic rings. The molecular formula is C17H37O4Ti-. The fraction of sp³-hybridized carbons (Fsp3) is 0.941. The fourth-order valence-corrected chi connectivity index (χ4v) is 1.75. The van der Waals surface area contributed by atoms with Crippen LogP contribution in [0.4, 0.5) is 0 Å². The molecule has 0 aromatic heterocycles. The molecule has 0 spiro atoms. The maximum atomic E-state index is 8.06. The van der Waals surface area contributed by atoms with Crippen LogP contribution in [-0.4, -0.2) is 45.8 Å². The van der Waals surface area contributed by atoms with E-state index in [4.69, 9.17) is 20.1 Å². The predicted molar refractivity (Wildman–Crippen MR) is 88.0 cm³/mol. The molecule has 2 fully saturated rings. The number of hydrogen-bond acceptors (Lipinski definition) is 4. The normalized spacial score (nSPS) is 24.7. The van der Waals surface area contributed by atoms with Crippen LogP contribution in [0.25, 0.3) is 0 Å². The van der Waals surface area contributed by atoms with E-state index < -0.39 is 0 Å². The van der Waals surface area contributed by atoms with E-state index in [1.54, 1.807) is 41.5 Å². The van der Waals surface area contributed by atoms with Crippen molar-refractivity contribution >= 4 is 0 Å². The minimum Gasteiger partial charge on any atom is -0.394 e. The average molecular weight is 353 g/mol. The Bertz CT molecular complexity index is 200. The number of aliphatic hydroxyl groups is 3. The molecule has 3 N–H and O–H groups in total. The zero-order valence-electron chi connectivity index (χ0n) is 15.2. The molecule has 0 radical (unpaired) electrons. The van der Waals surface area contributed by atoms with Crippen molar-refractivity contribution in [2.75, 3.05) is 0 Å². The van der Waals surface area contributed by atoms with Crippen LogP contribution in [0, 0.1) is 12.8 Å². The third-order valence-corrected chi connectivity index (χ3v) is 2.52. The van der Waals surface area contributed by atoms with Crippen molar-refractivity contribution in [1.29, 1.82) is 0 Å². The van der Waals surface area contributed by atoms with Crippen molar-refractivity contribution in [2.24, 2.45) is 5.92 Å². The van der Waals surface area contributed by atoms with Gasteiger partial charge in [-0.15, -0.1) is 0 Å². The molecule has 0 aromatic carbocycles. The SMILES string of the molecule is CC(C)O.CC(C)O.CC(C)O.[CH2-]CC1CCC2OC2C1.[Ti]. The fourth-order valence-electron chi connectivity index (χ4n) is 1.75. The summed E-state index contributed by atoms with van der Waals surface area (Å²) in [6, 6.07) is 0. The predicted octanol–water partition coefficient (Wildman–Crippen LogP) is 2.94. The quantitative estimate of drug-likeness (QED) is 0.385. The van der Waals surface area contributed by atoms with E-state index in [2.05, 4.69) is 6.92 Å². The Hall–Kier alpha value is 0.554. The molecule has 5 heteroatoms. The monoisotopic (exact) mass is 353 g/mol. The van der Waals surface area contributed by atoms with Gasteiger partial charge in [0.05, 0.1) is 12.2 Å². The van der Waals surface area contributed by atoms with Gasteiger partial charge in [-0.05, 0) is 54.4 Å². The number of fused-ring (bicyclic) bond motifs is 1. The van der Waals surface area contributed by atoms with Crippen LogP contribution in [0.1, 0.15) is 67.2 Å². The Morgan fingerprint density at radius 3 is 1.50 bits per heavy atom. The molecule has 0 bridgehead atoms. The van der Waals surface area contributed by atoms with Crippen LogP contribution in [-0.2, 0) is 26.5 Å². The van der Waals surface area contributed by atoms with Crippen molar-refractivity contribution in [2.45, 2.75) is 97.7 Å². The van der Waals surface area contributed by atoms with E-state index in [-0.39, 0.29) is 40.0 Å². The molecule has 2 rings (SSSR count). The molecule has 3 unspecified atom stereocenters. The van der Waals surface area contributed by atoms with Crippen LogP contribution in [0.3, 0.4) is 0 Å². The molecular weight excluding hydrogens is 316 g/mol. The van der Waals surface area contributed by atoms with Crippen molar-refractivity contribution in [3.8, 4) is 0 Å². The topological polar surface area (TPSA) is 73.2 Å². The molecule has 22 heavy (non-hydrogen) atoms. The van der Waals surface area contributed by atoms with E-state index >= 15 is 0 Å². The first-order chi connectivity index (χ1) is 9.59. The van der Waals surface area contributed by atoms with Crippen LogP contribution >= 0.6 is 0 Å². The summed E-state index contributed by atoms with van der Waals surface area (Å²) in [6.45, 7) is 14.2. The average Bonchev–Trinajstić information content (AvgIpc) is 3.04. The number of rotatable bonds is 1. The molecule has 1 aliphatic carbocycles. The first-order valence-electron chi connectivity index (χ1n) is 8.08. The minimum atomic E-state index is -0.167. The van der Waals surface area contributed by atoms with Crippen LogP contribution in [0.2, 0.25) is 0 Å². The van der Waals surface area contributed by atoms with Crippen molar-refractivity contribution in [3.63, 3.8) is 0 Å². The summed E-state index contributed by atoms with van der Waals surface area (Å²) in [7, 11) is 0. The molecule has 0 amide bonds. The number of epoxide rings is 1. The summed E-state index contributed by atoms with van der Waals surface area (Å²) in [5, 5.41) is 24.2. The van der Waals surface area contributed by atoms with E-state index in [0.717, 1.165) is 12.3 Å². The summed E-state index contributed by atoms with van der Waals surface area (Å²) in [6.07, 6.45) is 5.84. The van der Waals surface area contributed by atoms with Crippen molar-refractivity contribution in [3.05, 3.63) is 6.92 Å². The van der Waals surface area contributed by atoms with Gasteiger partial charge in [0.1, 0.15) is 0 Å². The van der Waals surface area contributed by atoms with E-state index in [9.17, 15) is 0 Å².